The molecule has 4 rings (SSSR count). The highest BCUT2D eigenvalue weighted by Crippen LogP contribution is 2.44. The van der Waals surface area contributed by atoms with Crippen LogP contribution in [0, 0.1) is 0 Å². The van der Waals surface area contributed by atoms with Crippen molar-refractivity contribution in [1.82, 2.24) is 4.90 Å². The molecule has 2 aliphatic rings. The predicted octanol–water partition coefficient (Wildman–Crippen LogP) is 4.24. The Hall–Kier alpha value is -2.12. The molecule has 0 N–H and O–H groups in total. The van der Waals surface area contributed by atoms with Crippen LogP contribution >= 0.6 is 0 Å². The molecule has 0 spiro atoms. The molecule has 2 aromatic rings. The lowest BCUT2D eigenvalue weighted by Gasteiger charge is -2.22. The highest BCUT2D eigenvalue weighted by molar-refractivity contribution is 5.88. The van der Waals surface area contributed by atoms with E-state index in [1.54, 1.807) is 0 Å². The second-order valence-electron chi connectivity index (χ2n) is 5.70. The molecule has 0 saturated heterocycles. The maximum Gasteiger partial charge on any atom is 0.0550 e. The van der Waals surface area contributed by atoms with Gasteiger partial charge in [0, 0.05) is 0 Å². The zero-order valence-electron chi connectivity index (χ0n) is 12.2. The molecule has 1 heteroatoms. The van der Waals surface area contributed by atoms with Crippen molar-refractivity contribution in [2.24, 2.45) is 0 Å². The molecule has 2 heterocycles. The van der Waals surface area contributed by atoms with Gasteiger partial charge >= 0.3 is 0 Å². The van der Waals surface area contributed by atoms with Crippen molar-refractivity contribution in [1.29, 1.82) is 0 Å². The van der Waals surface area contributed by atoms with Crippen molar-refractivity contribution >= 4 is 11.1 Å². The molecule has 21 heavy (non-hydrogen) atoms. The van der Waals surface area contributed by atoms with Gasteiger partial charge in [-0.25, -0.2) is 0 Å². The summed E-state index contributed by atoms with van der Waals surface area (Å²) in [5.74, 6) is 0. The average molecular weight is 273 g/mol. The van der Waals surface area contributed by atoms with Crippen molar-refractivity contribution in [2.45, 2.75) is 19.0 Å². The van der Waals surface area contributed by atoms with Gasteiger partial charge in [-0.1, -0.05) is 79.7 Å². The number of hydrogen-bond acceptors (Lipinski definition) is 1. The van der Waals surface area contributed by atoms with Crippen LogP contribution in [0.25, 0.3) is 11.1 Å². The molecule has 0 fully saturated rings. The van der Waals surface area contributed by atoms with Gasteiger partial charge in [0.25, 0.3) is 0 Å². The van der Waals surface area contributed by atoms with Crippen molar-refractivity contribution in [3.05, 3.63) is 83.9 Å². The van der Waals surface area contributed by atoms with E-state index in [0.29, 0.717) is 12.1 Å². The van der Waals surface area contributed by atoms with Crippen LogP contribution in [0.3, 0.4) is 0 Å². The highest BCUT2D eigenvalue weighted by atomic mass is 15.2. The SMILES string of the molecule is CCN1[C@@H]2C=C(c3ccccc3)[C@H]1C=C2c1ccccc1. The van der Waals surface area contributed by atoms with E-state index in [4.69, 9.17) is 0 Å². The number of benzene rings is 2. The van der Waals surface area contributed by atoms with Crippen LogP contribution in [0.2, 0.25) is 0 Å². The summed E-state index contributed by atoms with van der Waals surface area (Å²) in [6, 6.07) is 22.4. The van der Waals surface area contributed by atoms with E-state index < -0.39 is 0 Å². The van der Waals surface area contributed by atoms with Gasteiger partial charge in [-0.15, -0.1) is 0 Å². The first-order valence-corrected chi connectivity index (χ1v) is 7.68. The molecule has 0 amide bonds. The largest absolute Gasteiger partial charge is 0.283 e. The summed E-state index contributed by atoms with van der Waals surface area (Å²) < 4.78 is 0. The molecule has 1 nitrogen and oxygen atoms in total. The summed E-state index contributed by atoms with van der Waals surface area (Å²) in [7, 11) is 0. The van der Waals surface area contributed by atoms with E-state index in [0.717, 1.165) is 6.54 Å². The Morgan fingerprint density at radius 3 is 1.52 bits per heavy atom. The lowest BCUT2D eigenvalue weighted by atomic mass is 9.91. The lowest BCUT2D eigenvalue weighted by molar-refractivity contribution is 0.307. The summed E-state index contributed by atoms with van der Waals surface area (Å²) in [5.41, 5.74) is 5.63. The molecular formula is C20H19N. The van der Waals surface area contributed by atoms with Gasteiger partial charge in [-0.05, 0) is 28.8 Å². The first-order valence-electron chi connectivity index (χ1n) is 7.68. The number of fused-ring (bicyclic) bond motifs is 2. The molecule has 0 unspecified atom stereocenters. The summed E-state index contributed by atoms with van der Waals surface area (Å²) >= 11 is 0. The fraction of sp³-hybridized carbons (Fsp3) is 0.200. The van der Waals surface area contributed by atoms with Gasteiger partial charge < -0.3 is 0 Å². The number of hydrogen-bond donors (Lipinski definition) is 0. The van der Waals surface area contributed by atoms with Gasteiger partial charge in [0.15, 0.2) is 0 Å². The van der Waals surface area contributed by atoms with Gasteiger partial charge in [0.05, 0.1) is 12.1 Å². The summed E-state index contributed by atoms with van der Waals surface area (Å²) in [6.07, 6.45) is 4.90. The van der Waals surface area contributed by atoms with E-state index in [1.807, 2.05) is 0 Å². The van der Waals surface area contributed by atoms with E-state index in [9.17, 15) is 0 Å². The first kappa shape index (κ1) is 12.6. The monoisotopic (exact) mass is 273 g/mol. The third kappa shape index (κ3) is 1.97. The van der Waals surface area contributed by atoms with Crippen LogP contribution in [-0.4, -0.2) is 23.5 Å². The second kappa shape index (κ2) is 5.01. The second-order valence-corrected chi connectivity index (χ2v) is 5.70. The van der Waals surface area contributed by atoms with Crippen molar-refractivity contribution in [3.63, 3.8) is 0 Å². The highest BCUT2D eigenvalue weighted by Gasteiger charge is 2.40. The summed E-state index contributed by atoms with van der Waals surface area (Å²) in [6.45, 7) is 3.33. The molecule has 0 aromatic heterocycles. The Morgan fingerprint density at radius 1 is 0.714 bits per heavy atom. The summed E-state index contributed by atoms with van der Waals surface area (Å²) in [4.78, 5) is 2.57. The Balaban J connectivity index is 1.72. The van der Waals surface area contributed by atoms with E-state index in [1.165, 1.54) is 22.3 Å². The number of nitrogens with zero attached hydrogens (tertiary/aromatic N) is 1. The molecule has 0 radical (unpaired) electrons. The molecule has 2 bridgehead atoms. The van der Waals surface area contributed by atoms with Crippen LogP contribution in [-0.2, 0) is 0 Å². The minimum atomic E-state index is 0.428. The quantitative estimate of drug-likeness (QED) is 0.808. The zero-order chi connectivity index (χ0) is 14.2. The molecule has 0 aliphatic carbocycles. The molecule has 2 aromatic carbocycles. The molecule has 2 atom stereocenters. The average Bonchev–Trinajstić information content (AvgIpc) is 3.11. The predicted molar refractivity (Wildman–Crippen MR) is 88.8 cm³/mol. The summed E-state index contributed by atoms with van der Waals surface area (Å²) in [5, 5.41) is 0. The fourth-order valence-electron chi connectivity index (χ4n) is 3.63. The van der Waals surface area contributed by atoms with E-state index in [2.05, 4.69) is 84.6 Å². The molecular weight excluding hydrogens is 254 g/mol. The smallest absolute Gasteiger partial charge is 0.0550 e. The van der Waals surface area contributed by atoms with Gasteiger partial charge in [-0.3, -0.25) is 4.90 Å². The Morgan fingerprint density at radius 2 is 1.14 bits per heavy atom. The van der Waals surface area contributed by atoms with Crippen LogP contribution in [0.5, 0.6) is 0 Å². The number of rotatable bonds is 3. The van der Waals surface area contributed by atoms with Gasteiger partial charge in [-0.2, -0.15) is 0 Å². The van der Waals surface area contributed by atoms with Crippen molar-refractivity contribution in [2.75, 3.05) is 6.54 Å². The molecule has 2 aliphatic heterocycles. The minimum absolute atomic E-state index is 0.428. The minimum Gasteiger partial charge on any atom is -0.283 e. The third-order valence-electron chi connectivity index (χ3n) is 4.61. The van der Waals surface area contributed by atoms with E-state index >= 15 is 0 Å². The van der Waals surface area contributed by atoms with Crippen LogP contribution < -0.4 is 0 Å². The fourth-order valence-corrected chi connectivity index (χ4v) is 3.63. The zero-order valence-corrected chi connectivity index (χ0v) is 12.2. The van der Waals surface area contributed by atoms with Crippen LogP contribution in [0.4, 0.5) is 0 Å². The van der Waals surface area contributed by atoms with Gasteiger partial charge in [0.2, 0.25) is 0 Å². The van der Waals surface area contributed by atoms with Crippen molar-refractivity contribution < 1.29 is 0 Å². The number of likely N-dealkylation sites (N-methyl/N-ethyl adjacent to an activating group) is 1. The van der Waals surface area contributed by atoms with Crippen LogP contribution in [0.15, 0.2) is 72.8 Å². The van der Waals surface area contributed by atoms with E-state index in [-0.39, 0.29) is 0 Å². The third-order valence-corrected chi connectivity index (χ3v) is 4.61. The molecule has 104 valence electrons. The Kier molecular flexibility index (Phi) is 3.01. The van der Waals surface area contributed by atoms with Gasteiger partial charge in [0.1, 0.15) is 0 Å². The molecule has 0 saturated carbocycles. The van der Waals surface area contributed by atoms with Crippen LogP contribution in [0.1, 0.15) is 18.1 Å². The Labute approximate surface area is 126 Å². The lowest BCUT2D eigenvalue weighted by Crippen LogP contribution is -2.31. The Bertz CT molecular complexity index is 636. The standard InChI is InChI=1S/C20H19N/c1-2-21-19-14-18(16-11-7-4-8-12-16)20(21)13-17(19)15-9-5-3-6-10-15/h3-14,19-20H,2H2,1H3/t19-,20-/m1/s1. The normalized spacial score (nSPS) is 24.0. The maximum atomic E-state index is 2.57. The van der Waals surface area contributed by atoms with Crippen molar-refractivity contribution in [3.8, 4) is 0 Å². The topological polar surface area (TPSA) is 3.24 Å². The maximum absolute atomic E-state index is 2.57. The first-order chi connectivity index (χ1) is 10.4.